The van der Waals surface area contributed by atoms with E-state index in [0.717, 1.165) is 18.2 Å². The molecule has 19 heteroatoms. The third-order valence-electron chi connectivity index (χ3n) is 8.85. The lowest BCUT2D eigenvalue weighted by Gasteiger charge is -2.49. The van der Waals surface area contributed by atoms with E-state index in [9.17, 15) is 60.7 Å². The summed E-state index contributed by atoms with van der Waals surface area (Å²) in [5.74, 6) is -6.19. The quantitative estimate of drug-likeness (QED) is 0.0831. The third kappa shape index (κ3) is 7.81. The predicted molar refractivity (Wildman–Crippen MR) is 177 cm³/mol. The molecule has 0 aromatic heterocycles. The number of ketones is 2. The van der Waals surface area contributed by atoms with Crippen molar-refractivity contribution in [1.82, 2.24) is 0 Å². The van der Waals surface area contributed by atoms with Crippen LogP contribution in [-0.4, -0.2) is 165 Å². The summed E-state index contributed by atoms with van der Waals surface area (Å²) in [6.45, 7) is -2.14. The van der Waals surface area contributed by atoms with Gasteiger partial charge in [-0.1, -0.05) is 12.2 Å². The maximum atomic E-state index is 13.7. The summed E-state index contributed by atoms with van der Waals surface area (Å²) in [5.41, 5.74) is -2.98. The molecule has 2 fully saturated rings. The zero-order valence-electron chi connectivity index (χ0n) is 28.8. The van der Waals surface area contributed by atoms with E-state index in [1.807, 2.05) is 0 Å². The highest BCUT2D eigenvalue weighted by atomic mass is 16.8. The van der Waals surface area contributed by atoms with Crippen molar-refractivity contribution in [3.8, 4) is 34.5 Å². The minimum absolute atomic E-state index is 0.0273. The first-order chi connectivity index (χ1) is 25.1. The van der Waals surface area contributed by atoms with Crippen molar-refractivity contribution in [3.05, 3.63) is 47.5 Å². The third-order valence-corrected chi connectivity index (χ3v) is 8.85. The lowest BCUT2D eigenvalue weighted by atomic mass is 9.78. The van der Waals surface area contributed by atoms with E-state index in [4.69, 9.17) is 33.2 Å². The molecule has 53 heavy (non-hydrogen) atoms. The van der Waals surface area contributed by atoms with Crippen molar-refractivity contribution in [2.75, 3.05) is 41.7 Å². The Bertz CT molecular complexity index is 1640. The van der Waals surface area contributed by atoms with Gasteiger partial charge >= 0.3 is 0 Å². The van der Waals surface area contributed by atoms with Crippen molar-refractivity contribution in [1.29, 1.82) is 0 Å². The van der Waals surface area contributed by atoms with Crippen LogP contribution < -0.4 is 18.9 Å². The zero-order valence-corrected chi connectivity index (χ0v) is 28.8. The molecule has 0 unspecified atom stereocenters. The summed E-state index contributed by atoms with van der Waals surface area (Å²) in [5, 5.41) is 107. The minimum Gasteiger partial charge on any atom is -0.502 e. The van der Waals surface area contributed by atoms with Gasteiger partial charge in [-0.25, -0.2) is 0 Å². The first-order valence-corrected chi connectivity index (χ1v) is 15.8. The second-order valence-electron chi connectivity index (χ2n) is 12.0. The number of methoxy groups -OCH3 is 4. The van der Waals surface area contributed by atoms with Gasteiger partial charge in [0.25, 0.3) is 0 Å². The number of aliphatic hydroxyl groups excluding tert-OH is 7. The van der Waals surface area contributed by atoms with Crippen molar-refractivity contribution >= 4 is 23.7 Å². The largest absolute Gasteiger partial charge is 0.502 e. The highest BCUT2D eigenvalue weighted by Gasteiger charge is 2.64. The molecule has 2 aromatic carbocycles. The summed E-state index contributed by atoms with van der Waals surface area (Å²) in [4.78, 5) is 27.0. The van der Waals surface area contributed by atoms with Crippen LogP contribution in [0, 0.1) is 0 Å². The molecule has 2 saturated heterocycles. The van der Waals surface area contributed by atoms with Gasteiger partial charge < -0.3 is 84.2 Å². The standard InChI is InChI=1S/C34H42O19/c1-47-18-9-15(10-19(48-2)25(18)40)5-7-17(37)24(39)28-30(44)34(46,23(38)8-6-16-11-20(49-3)26(41)21(12-16)50-4)31(45)32(51-28)53-33(14-36)29(43)27(42)22(13-35)52-33/h5-12,22,24,27-32,35-36,39-46H,13-14H2,1-4H3/b7-5+,8-6+/t22-,24+,27-,28-,29+,30-,31+,32-,33-,34+/m1/s1. The molecular weight excluding hydrogens is 712 g/mol. The molecule has 0 aliphatic carbocycles. The Morgan fingerprint density at radius 3 is 1.68 bits per heavy atom. The fraction of sp³-hybridized carbons (Fsp3) is 0.471. The van der Waals surface area contributed by atoms with Crippen molar-refractivity contribution in [3.63, 3.8) is 0 Å². The molecule has 2 heterocycles. The number of ether oxygens (including phenoxy) is 7. The van der Waals surface area contributed by atoms with Crippen LogP contribution in [0.15, 0.2) is 36.4 Å². The minimum atomic E-state index is -3.37. The number of carbonyl (C=O) groups excluding carboxylic acids is 2. The second kappa shape index (κ2) is 16.7. The molecule has 0 radical (unpaired) electrons. The maximum Gasteiger partial charge on any atom is 0.224 e. The highest BCUT2D eigenvalue weighted by Crippen LogP contribution is 2.41. The van der Waals surface area contributed by atoms with Crippen LogP contribution in [-0.2, 0) is 23.8 Å². The smallest absolute Gasteiger partial charge is 0.224 e. The maximum absolute atomic E-state index is 13.7. The molecule has 0 bridgehead atoms. The van der Waals surface area contributed by atoms with E-state index in [2.05, 4.69) is 0 Å². The van der Waals surface area contributed by atoms with Gasteiger partial charge in [0.05, 0.1) is 35.0 Å². The zero-order chi connectivity index (χ0) is 39.4. The highest BCUT2D eigenvalue weighted by molar-refractivity contribution is 6.02. The second-order valence-corrected chi connectivity index (χ2v) is 12.0. The van der Waals surface area contributed by atoms with E-state index in [1.165, 1.54) is 52.7 Å². The number of phenols is 2. The van der Waals surface area contributed by atoms with E-state index in [1.54, 1.807) is 0 Å². The number of rotatable bonds is 15. The Morgan fingerprint density at radius 2 is 1.26 bits per heavy atom. The molecule has 292 valence electrons. The van der Waals surface area contributed by atoms with Crippen LogP contribution in [0.4, 0.5) is 0 Å². The number of benzene rings is 2. The van der Waals surface area contributed by atoms with Crippen LogP contribution in [0.2, 0.25) is 0 Å². The monoisotopic (exact) mass is 754 g/mol. The van der Waals surface area contributed by atoms with Gasteiger partial charge in [-0.05, 0) is 47.5 Å². The fourth-order valence-electron chi connectivity index (χ4n) is 5.80. The van der Waals surface area contributed by atoms with Crippen LogP contribution >= 0.6 is 0 Å². The van der Waals surface area contributed by atoms with E-state index < -0.39 is 85.2 Å². The fourth-order valence-corrected chi connectivity index (χ4v) is 5.80. The van der Waals surface area contributed by atoms with Gasteiger partial charge in [-0.3, -0.25) is 9.59 Å². The van der Waals surface area contributed by atoms with Gasteiger partial charge in [0.1, 0.15) is 49.3 Å². The van der Waals surface area contributed by atoms with Crippen LogP contribution in [0.5, 0.6) is 34.5 Å². The predicted octanol–water partition coefficient (Wildman–Crippen LogP) is -2.65. The van der Waals surface area contributed by atoms with Crippen LogP contribution in [0.3, 0.4) is 0 Å². The summed E-state index contributed by atoms with van der Waals surface area (Å²) in [7, 11) is 5.03. The topological polar surface area (TPSA) is 301 Å². The molecule has 0 spiro atoms. The number of aliphatic hydroxyl groups is 8. The Morgan fingerprint density at radius 1 is 0.792 bits per heavy atom. The van der Waals surface area contributed by atoms with E-state index in [-0.39, 0.29) is 45.6 Å². The molecule has 19 nitrogen and oxygen atoms in total. The number of hydrogen-bond donors (Lipinski definition) is 10. The SMILES string of the molecule is COc1cc(/C=C/C(=O)[C@H](O)[C@H]2O[C@H](O[C@@]3(CO)O[C@H](CO)[C@@H](O)[C@@H]3O)[C@H](O)[C@](O)(C(=O)/C=C/c3cc(OC)c(O)c(OC)c3)[C@@H]2O)cc(OC)c1O. The first-order valence-electron chi connectivity index (χ1n) is 15.8. The van der Waals surface area contributed by atoms with Gasteiger partial charge in [-0.2, -0.15) is 0 Å². The van der Waals surface area contributed by atoms with Crippen molar-refractivity contribution in [2.24, 2.45) is 0 Å². The van der Waals surface area contributed by atoms with Crippen molar-refractivity contribution in [2.45, 2.75) is 60.4 Å². The average Bonchev–Trinajstić information content (AvgIpc) is 3.41. The molecule has 0 saturated carbocycles. The number of phenolic OH excluding ortho intramolecular Hbond substituents is 2. The molecule has 0 amide bonds. The van der Waals surface area contributed by atoms with E-state index >= 15 is 0 Å². The molecule has 4 rings (SSSR count). The number of carbonyl (C=O) groups is 2. The molecule has 2 aliphatic rings. The normalized spacial score (nSPS) is 30.8. The average molecular weight is 755 g/mol. The molecule has 2 aliphatic heterocycles. The van der Waals surface area contributed by atoms with Crippen LogP contribution in [0.25, 0.3) is 12.2 Å². The van der Waals surface area contributed by atoms with Crippen molar-refractivity contribution < 1.29 is 93.8 Å². The number of aromatic hydroxyl groups is 2. The van der Waals surface area contributed by atoms with Crippen LogP contribution in [0.1, 0.15) is 11.1 Å². The number of hydrogen-bond acceptors (Lipinski definition) is 19. The Labute approximate surface area is 301 Å². The summed E-state index contributed by atoms with van der Waals surface area (Å²) in [6.07, 6.45) is -14.0. The molecule has 10 N–H and O–H groups in total. The van der Waals surface area contributed by atoms with Gasteiger partial charge in [0.2, 0.25) is 17.3 Å². The van der Waals surface area contributed by atoms with Gasteiger partial charge in [-0.15, -0.1) is 0 Å². The lowest BCUT2D eigenvalue weighted by Crippen LogP contribution is -2.73. The van der Waals surface area contributed by atoms with Gasteiger partial charge in [0.15, 0.2) is 46.5 Å². The summed E-state index contributed by atoms with van der Waals surface area (Å²) < 4.78 is 36.7. The molecule has 10 atom stereocenters. The summed E-state index contributed by atoms with van der Waals surface area (Å²) in [6, 6.07) is 5.19. The molecular formula is C34H42O19. The summed E-state index contributed by atoms with van der Waals surface area (Å²) >= 11 is 0. The van der Waals surface area contributed by atoms with E-state index in [0.29, 0.717) is 6.08 Å². The molecule has 2 aromatic rings. The Balaban J connectivity index is 1.73. The first kappa shape index (κ1) is 41.4. The Hall–Kier alpha value is -4.38. The van der Waals surface area contributed by atoms with Gasteiger partial charge in [0, 0.05) is 0 Å². The Kier molecular flexibility index (Phi) is 13.1. The lowest BCUT2D eigenvalue weighted by molar-refractivity contribution is -0.394.